The highest BCUT2D eigenvalue weighted by Gasteiger charge is 2.21. The van der Waals surface area contributed by atoms with Gasteiger partial charge in [-0.15, -0.1) is 0 Å². The molecule has 0 unspecified atom stereocenters. The average molecular weight is 301 g/mol. The number of aromatic nitrogens is 2. The van der Waals surface area contributed by atoms with Crippen molar-refractivity contribution >= 4 is 15.9 Å². The van der Waals surface area contributed by atoms with Gasteiger partial charge in [0, 0.05) is 32.4 Å². The first-order valence-electron chi connectivity index (χ1n) is 7.01. The maximum absolute atomic E-state index is 12.1. The summed E-state index contributed by atoms with van der Waals surface area (Å²) in [5, 5.41) is 7.41. The molecule has 0 amide bonds. The van der Waals surface area contributed by atoms with Gasteiger partial charge in [0.05, 0.1) is 11.9 Å². The monoisotopic (exact) mass is 301 g/mol. The SMILES string of the molecule is CCn1cc(NS(=O)(=O)N(C)CCCNC2CC2)cn1. The van der Waals surface area contributed by atoms with Crippen LogP contribution < -0.4 is 10.0 Å². The molecule has 20 heavy (non-hydrogen) atoms. The maximum atomic E-state index is 12.1. The molecule has 0 radical (unpaired) electrons. The summed E-state index contributed by atoms with van der Waals surface area (Å²) in [7, 11) is -1.90. The second-order valence-corrected chi connectivity index (χ2v) is 6.87. The summed E-state index contributed by atoms with van der Waals surface area (Å²) in [6, 6.07) is 0.662. The third-order valence-electron chi connectivity index (χ3n) is 3.27. The van der Waals surface area contributed by atoms with Gasteiger partial charge in [-0.05, 0) is 32.7 Å². The van der Waals surface area contributed by atoms with Gasteiger partial charge in [-0.2, -0.15) is 17.8 Å². The summed E-state index contributed by atoms with van der Waals surface area (Å²) >= 11 is 0. The lowest BCUT2D eigenvalue weighted by Crippen LogP contribution is -2.34. The third-order valence-corrected chi connectivity index (χ3v) is 4.77. The van der Waals surface area contributed by atoms with Crippen molar-refractivity contribution in [3.63, 3.8) is 0 Å². The van der Waals surface area contributed by atoms with Crippen molar-refractivity contribution in [2.45, 2.75) is 38.8 Å². The van der Waals surface area contributed by atoms with Gasteiger partial charge in [-0.1, -0.05) is 0 Å². The number of hydrogen-bond acceptors (Lipinski definition) is 4. The second-order valence-electron chi connectivity index (χ2n) is 5.10. The van der Waals surface area contributed by atoms with Crippen LogP contribution in [0.1, 0.15) is 26.2 Å². The Morgan fingerprint density at radius 1 is 1.50 bits per heavy atom. The minimum atomic E-state index is -3.49. The van der Waals surface area contributed by atoms with E-state index in [1.807, 2.05) is 6.92 Å². The topological polar surface area (TPSA) is 79.3 Å². The quantitative estimate of drug-likeness (QED) is 0.656. The van der Waals surface area contributed by atoms with Crippen LogP contribution in [0.25, 0.3) is 0 Å². The molecule has 1 saturated carbocycles. The lowest BCUT2D eigenvalue weighted by molar-refractivity contribution is 0.458. The number of rotatable bonds is 9. The molecule has 2 rings (SSSR count). The van der Waals surface area contributed by atoms with Crippen LogP contribution in [0.2, 0.25) is 0 Å². The van der Waals surface area contributed by atoms with Crippen LogP contribution in [-0.4, -0.2) is 48.7 Å². The minimum absolute atomic E-state index is 0.495. The van der Waals surface area contributed by atoms with E-state index in [0.717, 1.165) is 13.0 Å². The van der Waals surface area contributed by atoms with E-state index < -0.39 is 10.2 Å². The van der Waals surface area contributed by atoms with E-state index in [4.69, 9.17) is 0 Å². The van der Waals surface area contributed by atoms with Gasteiger partial charge in [0.1, 0.15) is 0 Å². The Hall–Kier alpha value is -1.12. The Morgan fingerprint density at radius 3 is 2.85 bits per heavy atom. The highest BCUT2D eigenvalue weighted by Crippen LogP contribution is 2.18. The van der Waals surface area contributed by atoms with Crippen LogP contribution in [0.15, 0.2) is 12.4 Å². The molecule has 0 saturated heterocycles. The van der Waals surface area contributed by atoms with Gasteiger partial charge < -0.3 is 5.32 Å². The fourth-order valence-electron chi connectivity index (χ4n) is 1.83. The summed E-state index contributed by atoms with van der Waals surface area (Å²) in [6.45, 7) is 4.02. The van der Waals surface area contributed by atoms with Crippen molar-refractivity contribution < 1.29 is 8.42 Å². The smallest absolute Gasteiger partial charge is 0.301 e. The van der Waals surface area contributed by atoms with Gasteiger partial charge >= 0.3 is 10.2 Å². The van der Waals surface area contributed by atoms with Gasteiger partial charge in [0.15, 0.2) is 0 Å². The van der Waals surface area contributed by atoms with E-state index in [2.05, 4.69) is 15.1 Å². The molecule has 114 valence electrons. The van der Waals surface area contributed by atoms with E-state index in [1.165, 1.54) is 23.3 Å². The summed E-state index contributed by atoms with van der Waals surface area (Å²) < 4.78 is 29.7. The highest BCUT2D eigenvalue weighted by atomic mass is 32.2. The first-order chi connectivity index (χ1) is 9.51. The lowest BCUT2D eigenvalue weighted by atomic mass is 10.4. The fraction of sp³-hybridized carbons (Fsp3) is 0.750. The molecule has 1 aliphatic carbocycles. The van der Waals surface area contributed by atoms with E-state index >= 15 is 0 Å². The second kappa shape index (κ2) is 6.55. The van der Waals surface area contributed by atoms with Crippen molar-refractivity contribution in [2.24, 2.45) is 0 Å². The summed E-state index contributed by atoms with van der Waals surface area (Å²) in [4.78, 5) is 0. The molecule has 0 spiro atoms. The lowest BCUT2D eigenvalue weighted by Gasteiger charge is -2.17. The first kappa shape index (κ1) is 15.3. The van der Waals surface area contributed by atoms with Crippen LogP contribution in [0, 0.1) is 0 Å². The molecule has 1 aliphatic rings. The Labute approximate surface area is 120 Å². The molecule has 1 aromatic rings. The maximum Gasteiger partial charge on any atom is 0.301 e. The molecule has 2 N–H and O–H groups in total. The van der Waals surface area contributed by atoms with E-state index in [0.29, 0.717) is 24.8 Å². The van der Waals surface area contributed by atoms with E-state index in [9.17, 15) is 8.42 Å². The van der Waals surface area contributed by atoms with Gasteiger partial charge in [0.2, 0.25) is 0 Å². The predicted molar refractivity (Wildman–Crippen MR) is 78.7 cm³/mol. The summed E-state index contributed by atoms with van der Waals surface area (Å²) in [5.74, 6) is 0. The van der Waals surface area contributed by atoms with Crippen LogP contribution in [-0.2, 0) is 16.8 Å². The molecule has 1 heterocycles. The molecule has 0 aromatic carbocycles. The molecule has 8 heteroatoms. The number of nitrogens with one attached hydrogen (secondary N) is 2. The number of aryl methyl sites for hydroxylation is 1. The Balaban J connectivity index is 1.78. The molecule has 1 fully saturated rings. The number of nitrogens with zero attached hydrogens (tertiary/aromatic N) is 3. The molecular formula is C12H23N5O2S. The number of anilines is 1. The minimum Gasteiger partial charge on any atom is -0.314 e. The standard InChI is InChI=1S/C12H23N5O2S/c1-3-17-10-12(9-14-17)15-20(18,19)16(2)8-4-7-13-11-5-6-11/h9-11,13,15H,3-8H2,1-2H3. The summed E-state index contributed by atoms with van der Waals surface area (Å²) in [5.41, 5.74) is 0.495. The van der Waals surface area contributed by atoms with E-state index in [-0.39, 0.29) is 0 Å². The summed E-state index contributed by atoms with van der Waals surface area (Å²) in [6.07, 6.45) is 6.50. The molecular weight excluding hydrogens is 278 g/mol. The zero-order valence-corrected chi connectivity index (χ0v) is 12.9. The van der Waals surface area contributed by atoms with Crippen LogP contribution in [0.5, 0.6) is 0 Å². The largest absolute Gasteiger partial charge is 0.314 e. The van der Waals surface area contributed by atoms with Crippen LogP contribution >= 0.6 is 0 Å². The van der Waals surface area contributed by atoms with Crippen molar-refractivity contribution in [1.82, 2.24) is 19.4 Å². The molecule has 0 atom stereocenters. The zero-order valence-electron chi connectivity index (χ0n) is 12.0. The Bertz CT molecular complexity index is 524. The van der Waals surface area contributed by atoms with Crippen LogP contribution in [0.4, 0.5) is 5.69 Å². The molecule has 7 nitrogen and oxygen atoms in total. The first-order valence-corrected chi connectivity index (χ1v) is 8.45. The zero-order chi connectivity index (χ0) is 14.6. The van der Waals surface area contributed by atoms with Gasteiger partial charge in [-0.25, -0.2) is 0 Å². The van der Waals surface area contributed by atoms with E-state index in [1.54, 1.807) is 17.9 Å². The third kappa shape index (κ3) is 4.46. The Morgan fingerprint density at radius 2 is 2.25 bits per heavy atom. The van der Waals surface area contributed by atoms with Crippen molar-refractivity contribution in [3.05, 3.63) is 12.4 Å². The van der Waals surface area contributed by atoms with Crippen LogP contribution in [0.3, 0.4) is 0 Å². The van der Waals surface area contributed by atoms with Crippen molar-refractivity contribution in [1.29, 1.82) is 0 Å². The highest BCUT2D eigenvalue weighted by molar-refractivity contribution is 7.90. The average Bonchev–Trinajstić information content (AvgIpc) is 3.13. The normalized spacial score (nSPS) is 15.8. The predicted octanol–water partition coefficient (Wildman–Crippen LogP) is 0.634. The molecule has 1 aromatic heterocycles. The molecule has 0 bridgehead atoms. The van der Waals surface area contributed by atoms with Crippen molar-refractivity contribution in [3.8, 4) is 0 Å². The number of hydrogen-bond donors (Lipinski definition) is 2. The van der Waals surface area contributed by atoms with Gasteiger partial charge in [-0.3, -0.25) is 9.40 Å². The fourth-order valence-corrected chi connectivity index (χ4v) is 2.76. The van der Waals surface area contributed by atoms with Gasteiger partial charge in [0.25, 0.3) is 0 Å². The van der Waals surface area contributed by atoms with Crippen molar-refractivity contribution in [2.75, 3.05) is 24.9 Å². The molecule has 0 aliphatic heterocycles. The Kier molecular flexibility index (Phi) is 5.00.